The Morgan fingerprint density at radius 1 is 1.20 bits per heavy atom. The maximum atomic E-state index is 12.1. The van der Waals surface area contributed by atoms with Gasteiger partial charge in [-0.2, -0.15) is 0 Å². The van der Waals surface area contributed by atoms with Crippen molar-refractivity contribution in [3.05, 3.63) is 0 Å². The second kappa shape index (κ2) is 4.57. The van der Waals surface area contributed by atoms with Gasteiger partial charge in [-0.25, -0.2) is 13.2 Å². The van der Waals surface area contributed by atoms with E-state index in [1.54, 1.807) is 0 Å². The van der Waals surface area contributed by atoms with Crippen LogP contribution in [-0.2, 0) is 0 Å². The van der Waals surface area contributed by atoms with Gasteiger partial charge in [-0.1, -0.05) is 0 Å². The van der Waals surface area contributed by atoms with Gasteiger partial charge in [-0.15, -0.1) is 0 Å². The van der Waals surface area contributed by atoms with E-state index in [4.69, 9.17) is 10.0 Å². The van der Waals surface area contributed by atoms with Crippen molar-refractivity contribution in [1.29, 1.82) is 0 Å². The molecule has 0 aliphatic carbocycles. The summed E-state index contributed by atoms with van der Waals surface area (Å²) in [6, 6.07) is 0. The molecule has 2 N–H and O–H groups in total. The van der Waals surface area contributed by atoms with E-state index in [2.05, 4.69) is 0 Å². The molecule has 0 aromatic carbocycles. The summed E-state index contributed by atoms with van der Waals surface area (Å²) in [6.07, 6.45) is -5.17. The first-order valence-corrected chi connectivity index (χ1v) is 2.78. The molecule has 2 atom stereocenters. The summed E-state index contributed by atoms with van der Waals surface area (Å²) in [4.78, 5) is 0. The van der Waals surface area contributed by atoms with Crippen LogP contribution in [0.4, 0.5) is 13.2 Å². The van der Waals surface area contributed by atoms with Crippen molar-refractivity contribution in [1.82, 2.24) is 0 Å². The summed E-state index contributed by atoms with van der Waals surface area (Å²) in [5.74, 6) is 0. The normalized spacial score (nSPS) is 16.5. The molecule has 0 bridgehead atoms. The third-order valence-electron chi connectivity index (χ3n) is 0.976. The molecule has 0 amide bonds. The molecule has 6 heteroatoms. The monoisotopic (exact) mass is 156 g/mol. The first kappa shape index (κ1) is 9.77. The Hall–Kier alpha value is -0.225. The predicted octanol–water partition coefficient (Wildman–Crippen LogP) is 0.105. The predicted molar refractivity (Wildman–Crippen MR) is 30.8 cm³/mol. The number of alkyl halides is 3. The van der Waals surface area contributed by atoms with Crippen molar-refractivity contribution >= 4 is 7.12 Å². The van der Waals surface area contributed by atoms with Crippen LogP contribution in [-0.4, -0.2) is 36.2 Å². The van der Waals surface area contributed by atoms with Crippen LogP contribution in [0.15, 0.2) is 0 Å². The van der Waals surface area contributed by atoms with E-state index in [1.165, 1.54) is 0 Å². The Kier molecular flexibility index (Phi) is 4.47. The molecule has 0 aromatic rings. The highest BCUT2D eigenvalue weighted by molar-refractivity contribution is 6.41. The fourth-order valence-electron chi connectivity index (χ4n) is 0.446. The van der Waals surface area contributed by atoms with Crippen molar-refractivity contribution in [3.63, 3.8) is 0 Å². The zero-order valence-corrected chi connectivity index (χ0v) is 5.17. The molecule has 0 fully saturated rings. The highest BCUT2D eigenvalue weighted by Crippen LogP contribution is 2.10. The standard InChI is InChI=1S/C4H8BF3O2/c6-2-4(8)3(7)1-5(9)10/h3-4,9-10H,1-2H2. The molecule has 0 saturated heterocycles. The minimum atomic E-state index is -2.25. The molecule has 0 aliphatic rings. The number of hydrogen-bond donors (Lipinski definition) is 2. The van der Waals surface area contributed by atoms with E-state index < -0.39 is 32.5 Å². The summed E-state index contributed by atoms with van der Waals surface area (Å²) in [5, 5.41) is 16.2. The Morgan fingerprint density at radius 3 is 2.00 bits per heavy atom. The zero-order valence-electron chi connectivity index (χ0n) is 5.17. The van der Waals surface area contributed by atoms with Gasteiger partial charge in [0, 0.05) is 6.32 Å². The third-order valence-corrected chi connectivity index (χ3v) is 0.976. The molecule has 10 heavy (non-hydrogen) atoms. The van der Waals surface area contributed by atoms with Crippen molar-refractivity contribution in [2.24, 2.45) is 0 Å². The van der Waals surface area contributed by atoms with Crippen LogP contribution in [0.3, 0.4) is 0 Å². The average molecular weight is 156 g/mol. The summed E-state index contributed by atoms with van der Waals surface area (Å²) >= 11 is 0. The lowest BCUT2D eigenvalue weighted by atomic mass is 9.82. The molecule has 0 rings (SSSR count). The van der Waals surface area contributed by atoms with Crippen molar-refractivity contribution in [2.45, 2.75) is 18.7 Å². The molecule has 0 saturated carbocycles. The SMILES string of the molecule is OB(O)CC(F)C(F)CF. The van der Waals surface area contributed by atoms with Gasteiger partial charge in [0.2, 0.25) is 0 Å². The van der Waals surface area contributed by atoms with E-state index in [9.17, 15) is 13.2 Å². The lowest BCUT2D eigenvalue weighted by Crippen LogP contribution is -2.26. The Bertz CT molecular complexity index is 92.6. The quantitative estimate of drug-likeness (QED) is 0.566. The maximum Gasteiger partial charge on any atom is 0.454 e. The van der Waals surface area contributed by atoms with E-state index in [1.807, 2.05) is 0 Å². The Morgan fingerprint density at radius 2 is 1.70 bits per heavy atom. The molecule has 2 nitrogen and oxygen atoms in total. The van der Waals surface area contributed by atoms with Crippen LogP contribution in [0.2, 0.25) is 6.32 Å². The molecular formula is C4H8BF3O2. The molecular weight excluding hydrogens is 148 g/mol. The van der Waals surface area contributed by atoms with Crippen molar-refractivity contribution < 1.29 is 23.2 Å². The van der Waals surface area contributed by atoms with E-state index in [0.29, 0.717) is 0 Å². The third kappa shape index (κ3) is 3.73. The van der Waals surface area contributed by atoms with E-state index >= 15 is 0 Å². The molecule has 0 radical (unpaired) electrons. The summed E-state index contributed by atoms with van der Waals surface area (Å²) < 4.78 is 35.3. The summed E-state index contributed by atoms with van der Waals surface area (Å²) in [6.45, 7) is -1.44. The first-order valence-electron chi connectivity index (χ1n) is 2.78. The highest BCUT2D eigenvalue weighted by Gasteiger charge is 2.25. The van der Waals surface area contributed by atoms with E-state index in [0.717, 1.165) is 0 Å². The zero-order chi connectivity index (χ0) is 8.15. The Balaban J connectivity index is 3.50. The number of hydrogen-bond acceptors (Lipinski definition) is 2. The van der Waals surface area contributed by atoms with Crippen LogP contribution in [0.1, 0.15) is 0 Å². The smallest absolute Gasteiger partial charge is 0.427 e. The molecule has 0 spiro atoms. The van der Waals surface area contributed by atoms with E-state index in [-0.39, 0.29) is 0 Å². The van der Waals surface area contributed by atoms with Gasteiger partial charge >= 0.3 is 7.12 Å². The Labute approximate surface area is 56.8 Å². The van der Waals surface area contributed by atoms with Crippen LogP contribution >= 0.6 is 0 Å². The number of halogens is 3. The summed E-state index contributed by atoms with van der Waals surface area (Å²) in [5.41, 5.74) is 0. The van der Waals surface area contributed by atoms with Gasteiger partial charge < -0.3 is 10.0 Å². The molecule has 2 unspecified atom stereocenters. The van der Waals surface area contributed by atoms with Crippen LogP contribution in [0.25, 0.3) is 0 Å². The van der Waals surface area contributed by atoms with Crippen molar-refractivity contribution in [3.8, 4) is 0 Å². The molecule has 0 aromatic heterocycles. The second-order valence-electron chi connectivity index (χ2n) is 1.90. The molecule has 0 heterocycles. The van der Waals surface area contributed by atoms with Gasteiger partial charge in [-0.3, -0.25) is 0 Å². The van der Waals surface area contributed by atoms with Gasteiger partial charge in [0.1, 0.15) is 12.8 Å². The van der Waals surface area contributed by atoms with Crippen LogP contribution < -0.4 is 0 Å². The molecule has 0 aliphatic heterocycles. The van der Waals surface area contributed by atoms with Gasteiger partial charge in [0.05, 0.1) is 0 Å². The topological polar surface area (TPSA) is 40.5 Å². The average Bonchev–Trinajstić information content (AvgIpc) is 1.85. The lowest BCUT2D eigenvalue weighted by molar-refractivity contribution is 0.144. The lowest BCUT2D eigenvalue weighted by Gasteiger charge is -2.08. The minimum Gasteiger partial charge on any atom is -0.427 e. The maximum absolute atomic E-state index is 12.1. The molecule has 60 valence electrons. The van der Waals surface area contributed by atoms with Crippen LogP contribution in [0.5, 0.6) is 0 Å². The largest absolute Gasteiger partial charge is 0.454 e. The highest BCUT2D eigenvalue weighted by atomic mass is 19.2. The van der Waals surface area contributed by atoms with Gasteiger partial charge in [-0.05, 0) is 0 Å². The minimum absolute atomic E-state index is 0.787. The van der Waals surface area contributed by atoms with Gasteiger partial charge in [0.15, 0.2) is 6.17 Å². The first-order chi connectivity index (χ1) is 4.57. The fraction of sp³-hybridized carbons (Fsp3) is 1.00. The van der Waals surface area contributed by atoms with Crippen LogP contribution in [0, 0.1) is 0 Å². The number of rotatable bonds is 4. The fourth-order valence-corrected chi connectivity index (χ4v) is 0.446. The van der Waals surface area contributed by atoms with Crippen molar-refractivity contribution in [2.75, 3.05) is 6.67 Å². The second-order valence-corrected chi connectivity index (χ2v) is 1.90. The summed E-state index contributed by atoms with van der Waals surface area (Å²) in [7, 11) is -1.92. The van der Waals surface area contributed by atoms with Gasteiger partial charge in [0.25, 0.3) is 0 Å².